The molecule has 1 amide bonds. The van der Waals surface area contributed by atoms with Crippen LogP contribution in [0.4, 0.5) is 0 Å². The van der Waals surface area contributed by atoms with Crippen LogP contribution in [0.25, 0.3) is 0 Å². The Labute approximate surface area is 245 Å². The maximum atomic E-state index is 12.6. The fourth-order valence-corrected chi connectivity index (χ4v) is 8.82. The van der Waals surface area contributed by atoms with E-state index in [0.717, 1.165) is 24.8 Å². The zero-order valence-electron chi connectivity index (χ0n) is 24.3. The Balaban J connectivity index is 1.23. The molecule has 3 saturated carbocycles. The third kappa shape index (κ3) is 5.18. The van der Waals surface area contributed by atoms with Crippen molar-refractivity contribution in [3.05, 3.63) is 47.5 Å². The third-order valence-electron chi connectivity index (χ3n) is 11.0. The summed E-state index contributed by atoms with van der Waals surface area (Å²) in [5.74, 6) is -2.04. The number of ketones is 1. The minimum Gasteiger partial charge on any atom is -0.480 e. The highest BCUT2D eigenvalue weighted by molar-refractivity contribution is 5.96. The number of carboxylic acids is 1. The number of allylic oxidation sites excluding steroid dienone is 2. The lowest BCUT2D eigenvalue weighted by Gasteiger charge is -2.60. The van der Waals surface area contributed by atoms with Crippen molar-refractivity contribution in [2.24, 2.45) is 33.7 Å². The first-order valence-electron chi connectivity index (χ1n) is 14.9. The molecule has 0 aromatic heterocycles. The van der Waals surface area contributed by atoms with Crippen molar-refractivity contribution in [2.45, 2.75) is 83.0 Å². The van der Waals surface area contributed by atoms with Crippen molar-refractivity contribution in [1.82, 2.24) is 5.32 Å². The van der Waals surface area contributed by atoms with Gasteiger partial charge in [0.2, 0.25) is 0 Å². The van der Waals surface area contributed by atoms with Crippen molar-refractivity contribution in [3.8, 4) is 0 Å². The second-order valence-corrected chi connectivity index (χ2v) is 13.1. The van der Waals surface area contributed by atoms with Crippen LogP contribution in [0.5, 0.6) is 0 Å². The number of oxime groups is 1. The van der Waals surface area contributed by atoms with E-state index in [1.165, 1.54) is 5.57 Å². The van der Waals surface area contributed by atoms with Crippen LogP contribution in [-0.4, -0.2) is 74.8 Å². The van der Waals surface area contributed by atoms with Crippen molar-refractivity contribution in [1.29, 1.82) is 0 Å². The summed E-state index contributed by atoms with van der Waals surface area (Å²) >= 11 is 0. The van der Waals surface area contributed by atoms with Gasteiger partial charge in [0, 0.05) is 11.8 Å². The number of Topliss-reactive ketones (excluding diaryl/α,β-unsaturated/α-hetero) is 1. The molecule has 0 unspecified atom stereocenters. The quantitative estimate of drug-likeness (QED) is 0.277. The van der Waals surface area contributed by atoms with Gasteiger partial charge in [0.05, 0.1) is 11.8 Å². The monoisotopic (exact) mass is 582 g/mol. The Morgan fingerprint density at radius 3 is 2.55 bits per heavy atom. The van der Waals surface area contributed by atoms with Gasteiger partial charge in [-0.05, 0) is 79.8 Å². The number of amides is 1. The highest BCUT2D eigenvalue weighted by Gasteiger charge is 2.68. The van der Waals surface area contributed by atoms with Gasteiger partial charge in [-0.2, -0.15) is 0 Å². The van der Waals surface area contributed by atoms with Crippen LogP contribution in [0.15, 0.2) is 47.1 Å². The number of nitrogens with one attached hydrogen (secondary N) is 1. The maximum absolute atomic E-state index is 12.6. The molecule has 10 nitrogen and oxygen atoms in total. The van der Waals surface area contributed by atoms with E-state index in [1.54, 1.807) is 12.1 Å². The molecule has 0 radical (unpaired) electrons. The average Bonchev–Trinajstić information content (AvgIpc) is 3.23. The standard InChI is InChI=1S/C32H42N2O8/c1-30-12-10-21(34-42-18-27(38)33-24(29(39)40)14-19-6-4-3-5-7-19)15-20(30)8-9-22-23-11-13-32(41,26(37)17-35)31(23,2)16-25(36)28(22)30/h3-7,15,22-25,28,35-36,41H,8-14,16-18H2,1-2H3,(H,33,38)(H,39,40)/b34-21-/t22-,23-,24-,25+,28+,30-,31-,32-/m0/s1. The topological polar surface area (TPSA) is 166 Å². The summed E-state index contributed by atoms with van der Waals surface area (Å²) in [5.41, 5.74) is 0.0184. The minimum absolute atomic E-state index is 0.0204. The first-order chi connectivity index (χ1) is 19.9. The number of hydrogen-bond donors (Lipinski definition) is 5. The summed E-state index contributed by atoms with van der Waals surface area (Å²) in [5, 5.41) is 48.7. The molecular formula is C32H42N2O8. The second kappa shape index (κ2) is 11.5. The van der Waals surface area contributed by atoms with E-state index < -0.39 is 54.0 Å². The summed E-state index contributed by atoms with van der Waals surface area (Å²) in [4.78, 5) is 42.0. The van der Waals surface area contributed by atoms with Gasteiger partial charge < -0.3 is 30.6 Å². The predicted octanol–water partition coefficient (Wildman–Crippen LogP) is 2.40. The molecule has 0 spiro atoms. The van der Waals surface area contributed by atoms with Gasteiger partial charge in [-0.25, -0.2) is 4.79 Å². The summed E-state index contributed by atoms with van der Waals surface area (Å²) < 4.78 is 0. The summed E-state index contributed by atoms with van der Waals surface area (Å²) in [7, 11) is 0. The Morgan fingerprint density at radius 1 is 1.12 bits per heavy atom. The highest BCUT2D eigenvalue weighted by atomic mass is 16.6. The molecule has 4 aliphatic carbocycles. The molecule has 4 aliphatic rings. The van der Waals surface area contributed by atoms with Crippen molar-refractivity contribution in [2.75, 3.05) is 13.2 Å². The lowest BCUT2D eigenvalue weighted by Crippen LogP contribution is -2.62. The van der Waals surface area contributed by atoms with Gasteiger partial charge in [-0.15, -0.1) is 0 Å². The van der Waals surface area contributed by atoms with Gasteiger partial charge in [0.25, 0.3) is 5.91 Å². The predicted molar refractivity (Wildman–Crippen MR) is 153 cm³/mol. The van der Waals surface area contributed by atoms with E-state index in [-0.39, 0.29) is 29.6 Å². The van der Waals surface area contributed by atoms with E-state index in [0.29, 0.717) is 31.4 Å². The van der Waals surface area contributed by atoms with Gasteiger partial charge in [-0.3, -0.25) is 9.59 Å². The molecule has 1 aromatic rings. The Morgan fingerprint density at radius 2 is 1.86 bits per heavy atom. The Bertz CT molecular complexity index is 1280. The number of hydrogen-bond acceptors (Lipinski definition) is 8. The number of nitrogens with zero attached hydrogens (tertiary/aromatic N) is 1. The van der Waals surface area contributed by atoms with Crippen LogP contribution in [0.3, 0.4) is 0 Å². The lowest BCUT2D eigenvalue weighted by molar-refractivity contribution is -0.181. The van der Waals surface area contributed by atoms with Gasteiger partial charge in [0.1, 0.15) is 18.2 Å². The molecule has 0 aliphatic heterocycles. The first-order valence-corrected chi connectivity index (χ1v) is 14.9. The van der Waals surface area contributed by atoms with E-state index >= 15 is 0 Å². The summed E-state index contributed by atoms with van der Waals surface area (Å²) in [6, 6.07) is 7.99. The molecular weight excluding hydrogens is 540 g/mol. The molecule has 228 valence electrons. The Hall–Kier alpha value is -3.08. The first kappa shape index (κ1) is 30.4. The van der Waals surface area contributed by atoms with Crippen molar-refractivity contribution >= 4 is 23.4 Å². The fraction of sp³-hybridized carbons (Fsp3) is 0.625. The molecule has 8 atom stereocenters. The van der Waals surface area contributed by atoms with Gasteiger partial charge in [0.15, 0.2) is 12.4 Å². The molecule has 3 fully saturated rings. The summed E-state index contributed by atoms with van der Waals surface area (Å²) in [6.45, 7) is 2.99. The molecule has 5 N–H and O–H groups in total. The molecule has 0 heterocycles. The molecule has 0 saturated heterocycles. The lowest BCUT2D eigenvalue weighted by atomic mass is 9.45. The largest absolute Gasteiger partial charge is 0.480 e. The number of aliphatic hydroxyl groups excluding tert-OH is 2. The number of carbonyl (C=O) groups is 3. The fourth-order valence-electron chi connectivity index (χ4n) is 8.82. The number of benzene rings is 1. The maximum Gasteiger partial charge on any atom is 0.326 e. The highest BCUT2D eigenvalue weighted by Crippen LogP contribution is 2.67. The zero-order chi connectivity index (χ0) is 30.3. The number of carbonyl (C=O) groups excluding carboxylic acids is 2. The zero-order valence-corrected chi connectivity index (χ0v) is 24.3. The number of aliphatic hydroxyl groups is 3. The van der Waals surface area contributed by atoms with E-state index in [4.69, 9.17) is 4.84 Å². The molecule has 0 bridgehead atoms. The number of fused-ring (bicyclic) bond motifs is 5. The second-order valence-electron chi connectivity index (χ2n) is 13.1. The number of rotatable bonds is 9. The molecule has 5 rings (SSSR count). The van der Waals surface area contributed by atoms with Crippen LogP contribution in [-0.2, 0) is 25.6 Å². The van der Waals surface area contributed by atoms with Crippen LogP contribution < -0.4 is 5.32 Å². The van der Waals surface area contributed by atoms with Crippen molar-refractivity contribution < 1.29 is 39.6 Å². The Kier molecular flexibility index (Phi) is 8.35. The van der Waals surface area contributed by atoms with Crippen LogP contribution in [0.1, 0.15) is 64.4 Å². The van der Waals surface area contributed by atoms with E-state index in [2.05, 4.69) is 17.4 Å². The van der Waals surface area contributed by atoms with E-state index in [9.17, 15) is 34.8 Å². The average molecular weight is 583 g/mol. The molecule has 42 heavy (non-hydrogen) atoms. The van der Waals surface area contributed by atoms with Crippen LogP contribution in [0.2, 0.25) is 0 Å². The van der Waals surface area contributed by atoms with Gasteiger partial charge in [-0.1, -0.05) is 54.9 Å². The van der Waals surface area contributed by atoms with Crippen molar-refractivity contribution in [3.63, 3.8) is 0 Å². The molecule has 10 heteroatoms. The van der Waals surface area contributed by atoms with Crippen LogP contribution in [0, 0.1) is 28.6 Å². The van der Waals surface area contributed by atoms with Crippen LogP contribution >= 0.6 is 0 Å². The third-order valence-corrected chi connectivity index (χ3v) is 11.0. The van der Waals surface area contributed by atoms with Gasteiger partial charge >= 0.3 is 5.97 Å². The number of carboxylic acid groups (broad SMARTS) is 1. The van der Waals surface area contributed by atoms with E-state index in [1.807, 2.05) is 31.2 Å². The molecule has 1 aromatic carbocycles. The summed E-state index contributed by atoms with van der Waals surface area (Å²) in [6.07, 6.45) is 5.74. The number of aliphatic carboxylic acids is 1. The smallest absolute Gasteiger partial charge is 0.326 e. The SMILES string of the molecule is C[C@]12CC/C(=N/OCC(=O)N[C@@H](Cc3ccccc3)C(=O)O)C=C1CC[C@@H]1[C@@H]2[C@H](O)C[C@@]2(C)[C@H]1CC[C@]2(O)C(=O)CO. The normalized spacial score (nSPS) is 37.1. The minimum atomic E-state index is -1.61.